The Labute approximate surface area is 127 Å². The van der Waals surface area contributed by atoms with Gasteiger partial charge in [0.25, 0.3) is 0 Å². The molecule has 1 aliphatic heterocycles. The zero-order valence-corrected chi connectivity index (χ0v) is 12.0. The molecule has 0 saturated heterocycles. The maximum Gasteiger partial charge on any atom is 0.137 e. The van der Waals surface area contributed by atoms with E-state index in [1.54, 1.807) is 0 Å². The van der Waals surface area contributed by atoms with E-state index < -0.39 is 0 Å². The highest BCUT2D eigenvalue weighted by molar-refractivity contribution is 5.78. The first kappa shape index (κ1) is 11.7. The number of imidazole rings is 1. The lowest BCUT2D eigenvalue weighted by Crippen LogP contribution is -2.18. The van der Waals surface area contributed by atoms with Crippen LogP contribution in [0.15, 0.2) is 60.7 Å². The lowest BCUT2D eigenvalue weighted by molar-refractivity contribution is 0.549. The molecule has 2 aromatic carbocycles. The van der Waals surface area contributed by atoms with E-state index in [-0.39, 0.29) is 0 Å². The summed E-state index contributed by atoms with van der Waals surface area (Å²) in [6.45, 7) is 0.880. The van der Waals surface area contributed by atoms with E-state index in [1.807, 2.05) is 24.3 Å². The van der Waals surface area contributed by atoms with Crippen LogP contribution in [-0.4, -0.2) is 19.3 Å². The number of fused-ring (bicyclic) bond motifs is 5. The van der Waals surface area contributed by atoms with E-state index in [0.29, 0.717) is 0 Å². The van der Waals surface area contributed by atoms with Gasteiger partial charge in [0.05, 0.1) is 23.3 Å². The number of hydrogen-bond donors (Lipinski definition) is 0. The third kappa shape index (κ3) is 1.58. The van der Waals surface area contributed by atoms with Crippen molar-refractivity contribution in [2.75, 3.05) is 0 Å². The number of nitrogens with zero attached hydrogens (tertiary/aromatic N) is 4. The highest BCUT2D eigenvalue weighted by atomic mass is 15.4. The van der Waals surface area contributed by atoms with Crippen molar-refractivity contribution >= 4 is 11.0 Å². The quantitative estimate of drug-likeness (QED) is 0.537. The predicted octanol–water partition coefficient (Wildman–Crippen LogP) is 3.45. The molecule has 4 nitrogen and oxygen atoms in total. The molecule has 5 rings (SSSR count). The van der Waals surface area contributed by atoms with Crippen molar-refractivity contribution in [1.29, 1.82) is 0 Å². The summed E-state index contributed by atoms with van der Waals surface area (Å²) in [5.41, 5.74) is 4.36. The van der Waals surface area contributed by atoms with Crippen molar-refractivity contribution < 1.29 is 0 Å². The Hall–Kier alpha value is -2.88. The molecule has 4 heteroatoms. The van der Waals surface area contributed by atoms with Gasteiger partial charge in [-0.25, -0.2) is 9.67 Å². The van der Waals surface area contributed by atoms with Crippen LogP contribution in [-0.2, 0) is 13.0 Å². The summed E-state index contributed by atoms with van der Waals surface area (Å²) in [6.07, 6.45) is 0.914. The van der Waals surface area contributed by atoms with Gasteiger partial charge < -0.3 is 0 Å². The molecule has 0 atom stereocenters. The minimum atomic E-state index is 0.880. The van der Waals surface area contributed by atoms with Gasteiger partial charge in [0.15, 0.2) is 0 Å². The molecule has 1 aliphatic rings. The average molecular weight is 286 g/mol. The molecule has 0 aliphatic carbocycles. The number of rotatable bonds is 1. The van der Waals surface area contributed by atoms with Crippen molar-refractivity contribution in [2.24, 2.45) is 0 Å². The summed E-state index contributed by atoms with van der Waals surface area (Å²) in [7, 11) is 0. The molecule has 0 bridgehead atoms. The van der Waals surface area contributed by atoms with Crippen LogP contribution in [0.5, 0.6) is 0 Å². The van der Waals surface area contributed by atoms with E-state index in [0.717, 1.165) is 46.9 Å². The largest absolute Gasteiger partial charge is 0.280 e. The first-order valence-corrected chi connectivity index (χ1v) is 7.50. The van der Waals surface area contributed by atoms with Gasteiger partial charge in [-0.05, 0) is 12.1 Å². The highest BCUT2D eigenvalue weighted by Gasteiger charge is 2.22. The Morgan fingerprint density at radius 3 is 2.64 bits per heavy atom. The summed E-state index contributed by atoms with van der Waals surface area (Å²) in [6, 6.07) is 20.8. The summed E-state index contributed by atoms with van der Waals surface area (Å²) in [5, 5.41) is 4.77. The number of aryl methyl sites for hydroxylation is 2. The number of hydrogen-bond acceptors (Lipinski definition) is 2. The van der Waals surface area contributed by atoms with Gasteiger partial charge >= 0.3 is 0 Å². The summed E-state index contributed by atoms with van der Waals surface area (Å²) in [4.78, 5) is 4.76. The first-order chi connectivity index (χ1) is 10.9. The van der Waals surface area contributed by atoms with Gasteiger partial charge in [-0.1, -0.05) is 42.5 Å². The molecule has 0 radical (unpaired) electrons. The summed E-state index contributed by atoms with van der Waals surface area (Å²) < 4.78 is 4.32. The zero-order valence-electron chi connectivity index (χ0n) is 12.0. The molecule has 0 unspecified atom stereocenters. The standard InChI is InChI=1S/C18H14N4/c1-2-6-13(7-3-1)15-12-18-21(20-15)11-10-17-19-14-8-4-5-9-16(14)22(17)18/h1-9,12H,10-11H2. The average Bonchev–Trinajstić information content (AvgIpc) is 3.16. The van der Waals surface area contributed by atoms with Crippen LogP contribution in [0.3, 0.4) is 0 Å². The molecule has 0 amide bonds. The number of para-hydroxylation sites is 2. The molecular weight excluding hydrogens is 272 g/mol. The minimum absolute atomic E-state index is 0.880. The molecule has 0 saturated carbocycles. The van der Waals surface area contributed by atoms with Crippen LogP contribution >= 0.6 is 0 Å². The Morgan fingerprint density at radius 1 is 0.909 bits per heavy atom. The Bertz CT molecular complexity index is 979. The van der Waals surface area contributed by atoms with Gasteiger partial charge in [-0.15, -0.1) is 0 Å². The maximum absolute atomic E-state index is 4.77. The van der Waals surface area contributed by atoms with Crippen molar-refractivity contribution in [2.45, 2.75) is 13.0 Å². The molecule has 3 heterocycles. The van der Waals surface area contributed by atoms with Crippen LogP contribution < -0.4 is 0 Å². The van der Waals surface area contributed by atoms with E-state index in [2.05, 4.69) is 45.6 Å². The Morgan fingerprint density at radius 2 is 1.73 bits per heavy atom. The normalized spacial score (nSPS) is 13.1. The Kier molecular flexibility index (Phi) is 2.30. The van der Waals surface area contributed by atoms with Gasteiger partial charge in [0, 0.05) is 18.1 Å². The topological polar surface area (TPSA) is 35.6 Å². The van der Waals surface area contributed by atoms with E-state index in [1.165, 1.54) is 0 Å². The zero-order chi connectivity index (χ0) is 14.5. The smallest absolute Gasteiger partial charge is 0.137 e. The fourth-order valence-corrected chi connectivity index (χ4v) is 3.21. The van der Waals surface area contributed by atoms with Gasteiger partial charge in [-0.2, -0.15) is 5.10 Å². The first-order valence-electron chi connectivity index (χ1n) is 7.50. The molecular formula is C18H14N4. The van der Waals surface area contributed by atoms with Gasteiger partial charge in [0.1, 0.15) is 11.6 Å². The van der Waals surface area contributed by atoms with E-state index >= 15 is 0 Å². The van der Waals surface area contributed by atoms with Crippen molar-refractivity contribution in [1.82, 2.24) is 19.3 Å². The van der Waals surface area contributed by atoms with Crippen LogP contribution in [0.25, 0.3) is 28.1 Å². The predicted molar refractivity (Wildman–Crippen MR) is 86.0 cm³/mol. The fourth-order valence-electron chi connectivity index (χ4n) is 3.21. The van der Waals surface area contributed by atoms with Crippen molar-refractivity contribution in [3.8, 4) is 17.1 Å². The van der Waals surface area contributed by atoms with E-state index in [4.69, 9.17) is 10.1 Å². The van der Waals surface area contributed by atoms with Crippen LogP contribution in [0.4, 0.5) is 0 Å². The highest BCUT2D eigenvalue weighted by Crippen LogP contribution is 2.29. The second kappa shape index (κ2) is 4.31. The third-order valence-corrected chi connectivity index (χ3v) is 4.23. The molecule has 0 fully saturated rings. The fraction of sp³-hybridized carbons (Fsp3) is 0.111. The second-order valence-corrected chi connectivity index (χ2v) is 5.58. The molecule has 4 aromatic rings. The maximum atomic E-state index is 4.77. The lowest BCUT2D eigenvalue weighted by Gasteiger charge is -2.16. The van der Waals surface area contributed by atoms with Gasteiger partial charge in [0.2, 0.25) is 0 Å². The molecule has 2 aromatic heterocycles. The van der Waals surface area contributed by atoms with Crippen LogP contribution in [0.2, 0.25) is 0 Å². The van der Waals surface area contributed by atoms with Crippen molar-refractivity contribution in [3.05, 3.63) is 66.5 Å². The Balaban J connectivity index is 1.76. The van der Waals surface area contributed by atoms with Crippen LogP contribution in [0.1, 0.15) is 5.82 Å². The van der Waals surface area contributed by atoms with Crippen LogP contribution in [0, 0.1) is 0 Å². The second-order valence-electron chi connectivity index (χ2n) is 5.58. The monoisotopic (exact) mass is 286 g/mol. The SMILES string of the molecule is c1ccc(-c2cc3n(n2)CCc2nc4ccccc4n2-3)cc1. The van der Waals surface area contributed by atoms with Gasteiger partial charge in [-0.3, -0.25) is 4.57 Å². The summed E-state index contributed by atoms with van der Waals surface area (Å²) >= 11 is 0. The third-order valence-electron chi connectivity index (χ3n) is 4.23. The molecule has 22 heavy (non-hydrogen) atoms. The van der Waals surface area contributed by atoms with E-state index in [9.17, 15) is 0 Å². The lowest BCUT2D eigenvalue weighted by atomic mass is 10.1. The molecule has 0 N–H and O–H groups in total. The number of benzene rings is 2. The summed E-state index contributed by atoms with van der Waals surface area (Å²) in [5.74, 6) is 2.22. The molecule has 0 spiro atoms. The number of aromatic nitrogens is 4. The minimum Gasteiger partial charge on any atom is -0.280 e. The van der Waals surface area contributed by atoms with Crippen molar-refractivity contribution in [3.63, 3.8) is 0 Å². The molecule has 106 valence electrons.